The van der Waals surface area contributed by atoms with Crippen molar-refractivity contribution in [1.82, 2.24) is 4.90 Å². The molecule has 1 aliphatic carbocycles. The van der Waals surface area contributed by atoms with Gasteiger partial charge in [0.2, 0.25) is 0 Å². The number of halogens is 1. The van der Waals surface area contributed by atoms with Crippen LogP contribution < -0.4 is 4.74 Å². The maximum absolute atomic E-state index is 5.46. The van der Waals surface area contributed by atoms with E-state index in [2.05, 4.69) is 73.6 Å². The standard InChI is InChI=1S/C23H29NO.ClH/c1-24(2)17-21-13-12-19(14-18-8-5-4-6-9-18)15-23(21)20-10-7-11-22(16-20)25-3;/h4-11,14,16,21,23H,12-13,15,17H2,1-3H3;1H/b19-14+;/t21-,23+;/m0./s1. The average molecular weight is 372 g/mol. The fourth-order valence-corrected chi connectivity index (χ4v) is 3.99. The molecule has 0 spiro atoms. The minimum absolute atomic E-state index is 0. The second-order valence-electron chi connectivity index (χ2n) is 7.36. The highest BCUT2D eigenvalue weighted by Gasteiger charge is 2.29. The number of hydrogen-bond acceptors (Lipinski definition) is 2. The van der Waals surface area contributed by atoms with Gasteiger partial charge in [0.25, 0.3) is 0 Å². The summed E-state index contributed by atoms with van der Waals surface area (Å²) in [4.78, 5) is 2.32. The number of allylic oxidation sites excluding steroid dienone is 1. The molecule has 0 aliphatic heterocycles. The lowest BCUT2D eigenvalue weighted by molar-refractivity contribution is 0.256. The van der Waals surface area contributed by atoms with E-state index in [1.165, 1.54) is 24.0 Å². The van der Waals surface area contributed by atoms with Crippen LogP contribution >= 0.6 is 12.4 Å². The van der Waals surface area contributed by atoms with Crippen LogP contribution in [0.2, 0.25) is 0 Å². The summed E-state index contributed by atoms with van der Waals surface area (Å²) in [5.74, 6) is 2.21. The Morgan fingerprint density at radius 2 is 1.85 bits per heavy atom. The summed E-state index contributed by atoms with van der Waals surface area (Å²) in [7, 11) is 6.11. The fourth-order valence-electron chi connectivity index (χ4n) is 3.99. The van der Waals surface area contributed by atoms with E-state index in [0.717, 1.165) is 18.7 Å². The molecule has 140 valence electrons. The fraction of sp³-hybridized carbons (Fsp3) is 0.391. The first-order valence-electron chi connectivity index (χ1n) is 9.19. The van der Waals surface area contributed by atoms with Crippen molar-refractivity contribution >= 4 is 18.5 Å². The Morgan fingerprint density at radius 3 is 2.54 bits per heavy atom. The highest BCUT2D eigenvalue weighted by atomic mass is 35.5. The van der Waals surface area contributed by atoms with Crippen molar-refractivity contribution in [2.75, 3.05) is 27.7 Å². The molecule has 1 aliphatic rings. The zero-order chi connectivity index (χ0) is 17.6. The third-order valence-electron chi connectivity index (χ3n) is 5.18. The number of methoxy groups -OCH3 is 1. The van der Waals surface area contributed by atoms with Crippen LogP contribution in [0.1, 0.15) is 36.3 Å². The maximum Gasteiger partial charge on any atom is 0.119 e. The second-order valence-corrected chi connectivity index (χ2v) is 7.36. The Labute approximate surface area is 164 Å². The molecular weight excluding hydrogens is 342 g/mol. The molecule has 26 heavy (non-hydrogen) atoms. The van der Waals surface area contributed by atoms with Gasteiger partial charge in [0.15, 0.2) is 0 Å². The summed E-state index contributed by atoms with van der Waals surface area (Å²) in [6.45, 7) is 1.14. The van der Waals surface area contributed by atoms with Gasteiger partial charge in [-0.05, 0) is 68.5 Å². The number of hydrogen-bond donors (Lipinski definition) is 0. The molecule has 1 fully saturated rings. The molecule has 0 bridgehead atoms. The number of benzene rings is 2. The van der Waals surface area contributed by atoms with E-state index in [1.807, 2.05) is 6.07 Å². The summed E-state index contributed by atoms with van der Waals surface area (Å²) in [6, 6.07) is 19.3. The maximum atomic E-state index is 5.46. The second kappa shape index (κ2) is 9.80. The van der Waals surface area contributed by atoms with Crippen LogP contribution in [0.4, 0.5) is 0 Å². The van der Waals surface area contributed by atoms with Crippen LogP contribution in [0.3, 0.4) is 0 Å². The first-order chi connectivity index (χ1) is 12.2. The normalized spacial score (nSPS) is 21.5. The third kappa shape index (κ3) is 5.36. The summed E-state index contributed by atoms with van der Waals surface area (Å²) in [5.41, 5.74) is 4.28. The summed E-state index contributed by atoms with van der Waals surface area (Å²) in [6.07, 6.45) is 5.98. The van der Waals surface area contributed by atoms with Crippen molar-refractivity contribution in [3.63, 3.8) is 0 Å². The van der Waals surface area contributed by atoms with Gasteiger partial charge >= 0.3 is 0 Å². The number of ether oxygens (including phenoxy) is 1. The molecule has 0 radical (unpaired) electrons. The predicted octanol–water partition coefficient (Wildman–Crippen LogP) is 5.65. The predicted molar refractivity (Wildman–Crippen MR) is 113 cm³/mol. The largest absolute Gasteiger partial charge is 0.497 e. The lowest BCUT2D eigenvalue weighted by atomic mass is 9.73. The van der Waals surface area contributed by atoms with Crippen molar-refractivity contribution in [1.29, 1.82) is 0 Å². The van der Waals surface area contributed by atoms with Crippen LogP contribution in [0, 0.1) is 5.92 Å². The van der Waals surface area contributed by atoms with Crippen LogP contribution in [0.15, 0.2) is 60.2 Å². The third-order valence-corrected chi connectivity index (χ3v) is 5.18. The lowest BCUT2D eigenvalue weighted by Crippen LogP contribution is -2.29. The summed E-state index contributed by atoms with van der Waals surface area (Å²) in [5, 5.41) is 0. The summed E-state index contributed by atoms with van der Waals surface area (Å²) < 4.78 is 5.46. The SMILES string of the molecule is COc1cccc([C@H]2C/C(=C/c3ccccc3)CC[C@H]2CN(C)C)c1.Cl. The molecule has 0 N–H and O–H groups in total. The molecule has 1 saturated carbocycles. The Bertz CT molecular complexity index is 711. The topological polar surface area (TPSA) is 12.5 Å². The quantitative estimate of drug-likeness (QED) is 0.673. The van der Waals surface area contributed by atoms with E-state index in [4.69, 9.17) is 4.74 Å². The molecule has 2 nitrogen and oxygen atoms in total. The Kier molecular flexibility index (Phi) is 7.74. The van der Waals surface area contributed by atoms with Gasteiger partial charge in [-0.15, -0.1) is 12.4 Å². The van der Waals surface area contributed by atoms with E-state index in [9.17, 15) is 0 Å². The van der Waals surface area contributed by atoms with E-state index >= 15 is 0 Å². The van der Waals surface area contributed by atoms with Crippen LogP contribution in [-0.2, 0) is 0 Å². The molecule has 0 heterocycles. The zero-order valence-corrected chi connectivity index (χ0v) is 16.8. The molecule has 0 amide bonds. The van der Waals surface area contributed by atoms with Crippen molar-refractivity contribution in [3.8, 4) is 5.75 Å². The number of rotatable bonds is 5. The van der Waals surface area contributed by atoms with E-state index in [0.29, 0.717) is 11.8 Å². The van der Waals surface area contributed by atoms with Gasteiger partial charge in [0, 0.05) is 6.54 Å². The monoisotopic (exact) mass is 371 g/mol. The zero-order valence-electron chi connectivity index (χ0n) is 16.0. The first kappa shape index (κ1) is 20.5. The van der Waals surface area contributed by atoms with Crippen LogP contribution in [0.25, 0.3) is 6.08 Å². The van der Waals surface area contributed by atoms with Crippen molar-refractivity contribution in [2.45, 2.75) is 25.2 Å². The van der Waals surface area contributed by atoms with Gasteiger partial charge < -0.3 is 9.64 Å². The molecule has 2 aromatic rings. The minimum atomic E-state index is 0. The van der Waals surface area contributed by atoms with Crippen LogP contribution in [-0.4, -0.2) is 32.6 Å². The van der Waals surface area contributed by atoms with E-state index in [1.54, 1.807) is 12.7 Å². The van der Waals surface area contributed by atoms with Gasteiger partial charge in [-0.1, -0.05) is 54.1 Å². The van der Waals surface area contributed by atoms with Crippen molar-refractivity contribution in [2.24, 2.45) is 5.92 Å². The minimum Gasteiger partial charge on any atom is -0.497 e. The van der Waals surface area contributed by atoms with Gasteiger partial charge in [-0.25, -0.2) is 0 Å². The highest BCUT2D eigenvalue weighted by molar-refractivity contribution is 5.85. The van der Waals surface area contributed by atoms with Gasteiger partial charge in [-0.2, -0.15) is 0 Å². The van der Waals surface area contributed by atoms with E-state index in [-0.39, 0.29) is 12.4 Å². The van der Waals surface area contributed by atoms with Gasteiger partial charge in [0.05, 0.1) is 7.11 Å². The van der Waals surface area contributed by atoms with Crippen molar-refractivity contribution in [3.05, 3.63) is 71.3 Å². The first-order valence-corrected chi connectivity index (χ1v) is 9.19. The van der Waals surface area contributed by atoms with E-state index < -0.39 is 0 Å². The lowest BCUT2D eigenvalue weighted by Gasteiger charge is -2.35. The van der Waals surface area contributed by atoms with Gasteiger partial charge in [-0.3, -0.25) is 0 Å². The molecular formula is C23H30ClNO. The highest BCUT2D eigenvalue weighted by Crippen LogP contribution is 2.42. The Balaban J connectivity index is 0.00000243. The Hall–Kier alpha value is -1.77. The molecule has 0 unspecified atom stereocenters. The average Bonchev–Trinajstić information content (AvgIpc) is 2.63. The smallest absolute Gasteiger partial charge is 0.119 e. The summed E-state index contributed by atoms with van der Waals surface area (Å²) >= 11 is 0. The molecule has 0 saturated heterocycles. The van der Waals surface area contributed by atoms with Gasteiger partial charge in [0.1, 0.15) is 5.75 Å². The molecule has 2 atom stereocenters. The van der Waals surface area contributed by atoms with Crippen molar-refractivity contribution < 1.29 is 4.74 Å². The molecule has 0 aromatic heterocycles. The molecule has 3 heteroatoms. The van der Waals surface area contributed by atoms with Crippen LogP contribution in [0.5, 0.6) is 5.75 Å². The molecule has 3 rings (SSSR count). The Morgan fingerprint density at radius 1 is 1.08 bits per heavy atom. The molecule has 2 aromatic carbocycles. The number of nitrogens with zero attached hydrogens (tertiary/aromatic N) is 1.